The van der Waals surface area contributed by atoms with E-state index >= 15 is 0 Å². The molecular formula is C11H17N3O6S. The van der Waals surface area contributed by atoms with E-state index in [2.05, 4.69) is 5.10 Å². The third-order valence-corrected chi connectivity index (χ3v) is 5.51. The number of hydrogen-bond donors (Lipinski definition) is 3. The molecule has 0 amide bonds. The molecule has 9 nitrogen and oxygen atoms in total. The number of carbonyl (C=O) groups is 1. The summed E-state index contributed by atoms with van der Waals surface area (Å²) in [4.78, 5) is 10.7. The summed E-state index contributed by atoms with van der Waals surface area (Å²) in [7, 11) is -3.94. The Morgan fingerprint density at radius 1 is 1.29 bits per heavy atom. The maximum absolute atomic E-state index is 12.6. The molecule has 1 aromatic heterocycles. The molecule has 1 aliphatic rings. The number of β-amino-alcohol motifs (C(OH)–C–C–N with tert-alkyl or cyclic N) is 2. The average molecular weight is 319 g/mol. The van der Waals surface area contributed by atoms with Crippen LogP contribution in [0.2, 0.25) is 0 Å². The lowest BCUT2D eigenvalue weighted by Gasteiger charge is -2.15. The largest absolute Gasteiger partial charge is 0.480 e. The quantitative estimate of drug-likeness (QED) is 0.603. The summed E-state index contributed by atoms with van der Waals surface area (Å²) in [6, 6.07) is 0. The van der Waals surface area contributed by atoms with Crippen LogP contribution in [-0.2, 0) is 21.4 Å². The summed E-state index contributed by atoms with van der Waals surface area (Å²) in [5.74, 6) is -1.13. The van der Waals surface area contributed by atoms with Gasteiger partial charge in [-0.25, -0.2) is 8.42 Å². The number of nitrogens with zero attached hydrogens (tertiary/aromatic N) is 3. The first kappa shape index (κ1) is 15.9. The third-order valence-electron chi connectivity index (χ3n) is 3.42. The minimum Gasteiger partial charge on any atom is -0.480 e. The number of aliphatic hydroxyl groups excluding tert-OH is 2. The van der Waals surface area contributed by atoms with Crippen molar-refractivity contribution in [1.29, 1.82) is 0 Å². The van der Waals surface area contributed by atoms with E-state index in [4.69, 9.17) is 5.11 Å². The smallest absolute Gasteiger partial charge is 0.325 e. The number of carboxylic acid groups (broad SMARTS) is 1. The second-order valence-corrected chi connectivity index (χ2v) is 6.88. The molecule has 1 fully saturated rings. The minimum absolute atomic E-state index is 0.0787. The van der Waals surface area contributed by atoms with Crippen molar-refractivity contribution < 1.29 is 28.5 Å². The van der Waals surface area contributed by atoms with E-state index in [0.717, 1.165) is 8.99 Å². The summed E-state index contributed by atoms with van der Waals surface area (Å²) in [6.07, 6.45) is -2.26. The molecule has 1 saturated heterocycles. The molecule has 118 valence electrons. The Kier molecular flexibility index (Phi) is 4.06. The van der Waals surface area contributed by atoms with Crippen molar-refractivity contribution in [2.75, 3.05) is 13.1 Å². The molecule has 2 heterocycles. The van der Waals surface area contributed by atoms with Crippen molar-refractivity contribution >= 4 is 16.0 Å². The van der Waals surface area contributed by atoms with Gasteiger partial charge in [0, 0.05) is 13.1 Å². The van der Waals surface area contributed by atoms with E-state index in [1.54, 1.807) is 0 Å². The predicted molar refractivity (Wildman–Crippen MR) is 70.1 cm³/mol. The molecule has 2 rings (SSSR count). The summed E-state index contributed by atoms with van der Waals surface area (Å²) in [5, 5.41) is 31.7. The van der Waals surface area contributed by atoms with Gasteiger partial charge in [0.25, 0.3) is 0 Å². The molecular weight excluding hydrogens is 302 g/mol. The first-order chi connectivity index (χ1) is 9.64. The second-order valence-electron chi connectivity index (χ2n) is 5.01. The van der Waals surface area contributed by atoms with Crippen molar-refractivity contribution in [1.82, 2.24) is 14.1 Å². The first-order valence-electron chi connectivity index (χ1n) is 6.26. The molecule has 0 unspecified atom stereocenters. The van der Waals surface area contributed by atoms with Crippen LogP contribution < -0.4 is 0 Å². The van der Waals surface area contributed by atoms with Gasteiger partial charge in [0.2, 0.25) is 10.0 Å². The number of rotatable bonds is 4. The van der Waals surface area contributed by atoms with Gasteiger partial charge in [-0.1, -0.05) is 0 Å². The Morgan fingerprint density at radius 3 is 2.29 bits per heavy atom. The molecule has 0 aliphatic carbocycles. The maximum atomic E-state index is 12.6. The van der Waals surface area contributed by atoms with Gasteiger partial charge in [-0.05, 0) is 13.8 Å². The van der Waals surface area contributed by atoms with Gasteiger partial charge >= 0.3 is 5.97 Å². The number of carboxylic acids is 1. The van der Waals surface area contributed by atoms with Crippen LogP contribution >= 0.6 is 0 Å². The van der Waals surface area contributed by atoms with E-state index in [0.29, 0.717) is 0 Å². The van der Waals surface area contributed by atoms with Crippen LogP contribution in [0.25, 0.3) is 0 Å². The molecule has 10 heteroatoms. The Bertz CT molecular complexity index is 658. The van der Waals surface area contributed by atoms with Crippen LogP contribution in [0.3, 0.4) is 0 Å². The van der Waals surface area contributed by atoms with Gasteiger partial charge in [0.15, 0.2) is 0 Å². The molecule has 0 bridgehead atoms. The van der Waals surface area contributed by atoms with Crippen LogP contribution in [0.15, 0.2) is 4.90 Å². The fraction of sp³-hybridized carbons (Fsp3) is 0.636. The Hall–Kier alpha value is -1.49. The van der Waals surface area contributed by atoms with Gasteiger partial charge in [-0.2, -0.15) is 9.40 Å². The highest BCUT2D eigenvalue weighted by molar-refractivity contribution is 7.89. The molecule has 0 radical (unpaired) electrons. The maximum Gasteiger partial charge on any atom is 0.325 e. The number of aryl methyl sites for hydroxylation is 1. The molecule has 1 aliphatic heterocycles. The van der Waals surface area contributed by atoms with Gasteiger partial charge < -0.3 is 15.3 Å². The molecule has 3 N–H and O–H groups in total. The van der Waals surface area contributed by atoms with Crippen molar-refractivity contribution in [2.45, 2.75) is 37.5 Å². The lowest BCUT2D eigenvalue weighted by molar-refractivity contribution is -0.137. The highest BCUT2D eigenvalue weighted by Crippen LogP contribution is 2.26. The average Bonchev–Trinajstić information content (AvgIpc) is 2.81. The van der Waals surface area contributed by atoms with E-state index in [-0.39, 0.29) is 29.4 Å². The lowest BCUT2D eigenvalue weighted by Crippen LogP contribution is -2.30. The van der Waals surface area contributed by atoms with Gasteiger partial charge in [0.05, 0.1) is 23.6 Å². The molecule has 21 heavy (non-hydrogen) atoms. The number of aliphatic hydroxyl groups is 2. The van der Waals surface area contributed by atoms with Crippen molar-refractivity contribution in [2.24, 2.45) is 0 Å². The Balaban J connectivity index is 2.41. The topological polar surface area (TPSA) is 133 Å². The molecule has 1 aromatic rings. The Labute approximate surface area is 121 Å². The zero-order valence-corrected chi connectivity index (χ0v) is 12.4. The van der Waals surface area contributed by atoms with Gasteiger partial charge in [-0.3, -0.25) is 9.48 Å². The molecule has 0 spiro atoms. The lowest BCUT2D eigenvalue weighted by atomic mass is 10.3. The minimum atomic E-state index is -3.94. The van der Waals surface area contributed by atoms with E-state index in [1.807, 2.05) is 0 Å². The predicted octanol–water partition coefficient (Wildman–Crippen LogP) is -1.69. The Morgan fingerprint density at radius 2 is 1.81 bits per heavy atom. The monoisotopic (exact) mass is 319 g/mol. The van der Waals surface area contributed by atoms with Crippen molar-refractivity contribution in [3.05, 3.63) is 11.4 Å². The zero-order chi connectivity index (χ0) is 15.9. The van der Waals surface area contributed by atoms with Gasteiger partial charge in [-0.15, -0.1) is 0 Å². The molecule has 2 atom stereocenters. The molecule has 0 saturated carbocycles. The van der Waals surface area contributed by atoms with Gasteiger partial charge in [0.1, 0.15) is 11.4 Å². The summed E-state index contributed by atoms with van der Waals surface area (Å²) in [5.41, 5.74) is 0.399. The summed E-state index contributed by atoms with van der Waals surface area (Å²) < 4.78 is 27.2. The van der Waals surface area contributed by atoms with Crippen LogP contribution in [0.1, 0.15) is 11.4 Å². The van der Waals surface area contributed by atoms with E-state index < -0.39 is 34.7 Å². The fourth-order valence-electron chi connectivity index (χ4n) is 2.40. The van der Waals surface area contributed by atoms with Crippen LogP contribution in [0.4, 0.5) is 0 Å². The highest BCUT2D eigenvalue weighted by Gasteiger charge is 2.40. The highest BCUT2D eigenvalue weighted by atomic mass is 32.2. The SMILES string of the molecule is Cc1nn(CC(=O)O)c(C)c1S(=O)(=O)N1C[C@@H](O)[C@@H](O)C1. The number of sulfonamides is 1. The first-order valence-corrected chi connectivity index (χ1v) is 7.70. The van der Waals surface area contributed by atoms with Crippen molar-refractivity contribution in [3.63, 3.8) is 0 Å². The number of aliphatic carboxylic acids is 1. The second kappa shape index (κ2) is 5.37. The fourth-order valence-corrected chi connectivity index (χ4v) is 4.25. The normalized spacial score (nSPS) is 23.6. The number of hydrogen-bond acceptors (Lipinski definition) is 6. The number of aromatic nitrogens is 2. The van der Waals surface area contributed by atoms with Crippen LogP contribution in [0, 0.1) is 13.8 Å². The molecule has 0 aromatic carbocycles. The summed E-state index contributed by atoms with van der Waals surface area (Å²) in [6.45, 7) is 2.10. The van der Waals surface area contributed by atoms with E-state index in [9.17, 15) is 23.4 Å². The van der Waals surface area contributed by atoms with Crippen molar-refractivity contribution in [3.8, 4) is 0 Å². The van der Waals surface area contributed by atoms with Crippen LogP contribution in [-0.4, -0.2) is 69.1 Å². The summed E-state index contributed by atoms with van der Waals surface area (Å²) >= 11 is 0. The van der Waals surface area contributed by atoms with E-state index in [1.165, 1.54) is 13.8 Å². The standard InChI is InChI=1S/C11H17N3O6S/c1-6-11(7(2)14(12-6)5-10(17)18)21(19,20)13-3-8(15)9(16)4-13/h8-9,15-16H,3-5H2,1-2H3,(H,17,18)/t8-,9+. The zero-order valence-electron chi connectivity index (χ0n) is 11.6. The third kappa shape index (κ3) is 2.79. The van der Waals surface area contributed by atoms with Crippen LogP contribution in [0.5, 0.6) is 0 Å².